The Morgan fingerprint density at radius 2 is 1.73 bits per heavy atom. The number of methoxy groups -OCH3 is 1. The fourth-order valence-electron chi connectivity index (χ4n) is 3.35. The summed E-state index contributed by atoms with van der Waals surface area (Å²) in [4.78, 5) is 17.0. The van der Waals surface area contributed by atoms with Crippen molar-refractivity contribution < 1.29 is 17.9 Å². The normalized spacial score (nSPS) is 11.3. The lowest BCUT2D eigenvalue weighted by Gasteiger charge is -2.14. The van der Waals surface area contributed by atoms with Gasteiger partial charge in [-0.05, 0) is 62.2 Å². The highest BCUT2D eigenvalue weighted by atomic mass is 32.2. The maximum atomic E-state index is 13.5. The van der Waals surface area contributed by atoms with Crippen molar-refractivity contribution >= 4 is 21.6 Å². The largest absolute Gasteiger partial charge is 0.497 e. The summed E-state index contributed by atoms with van der Waals surface area (Å²) in [6, 6.07) is 9.39. The van der Waals surface area contributed by atoms with E-state index in [4.69, 9.17) is 4.74 Å². The Labute approximate surface area is 176 Å². The first-order valence-corrected chi connectivity index (χ1v) is 11.1. The van der Waals surface area contributed by atoms with Crippen LogP contribution in [0, 0.1) is 13.8 Å². The van der Waals surface area contributed by atoms with Crippen LogP contribution in [-0.4, -0.2) is 31.0 Å². The number of nitrogens with zero attached hydrogens (tertiary/aromatic N) is 2. The van der Waals surface area contributed by atoms with Gasteiger partial charge in [0.15, 0.2) is 0 Å². The van der Waals surface area contributed by atoms with Gasteiger partial charge in [-0.1, -0.05) is 6.92 Å². The van der Waals surface area contributed by atoms with Crippen molar-refractivity contribution in [3.63, 3.8) is 0 Å². The molecule has 30 heavy (non-hydrogen) atoms. The Morgan fingerprint density at radius 1 is 1.10 bits per heavy atom. The molecule has 0 saturated carbocycles. The molecule has 0 atom stereocenters. The van der Waals surface area contributed by atoms with Crippen molar-refractivity contribution in [2.24, 2.45) is 0 Å². The van der Waals surface area contributed by atoms with E-state index >= 15 is 0 Å². The Hall–Kier alpha value is -3.13. The number of rotatable bonds is 7. The molecule has 3 aromatic rings. The van der Waals surface area contributed by atoms with Crippen molar-refractivity contribution in [2.45, 2.75) is 43.5 Å². The van der Waals surface area contributed by atoms with Crippen molar-refractivity contribution in [1.29, 1.82) is 0 Å². The molecule has 0 unspecified atom stereocenters. The standard InChI is InChI=1S/C22H25N3O4S/c1-5-14-25-16(3)15(2)20(21(25)24-22(26)17-10-12-23-13-11-17)30(27,28)19-8-6-18(29-4)7-9-19/h6-13H,5,14H2,1-4H3,(H,24,26). The van der Waals surface area contributed by atoms with Crippen LogP contribution in [-0.2, 0) is 16.4 Å². The van der Waals surface area contributed by atoms with E-state index in [1.165, 1.54) is 31.6 Å². The summed E-state index contributed by atoms with van der Waals surface area (Å²) in [7, 11) is -2.35. The van der Waals surface area contributed by atoms with Crippen LogP contribution < -0.4 is 10.1 Å². The number of sulfone groups is 1. The van der Waals surface area contributed by atoms with Crippen molar-refractivity contribution in [1.82, 2.24) is 9.55 Å². The summed E-state index contributed by atoms with van der Waals surface area (Å²) < 4.78 is 34.1. The molecule has 8 heteroatoms. The number of benzene rings is 1. The van der Waals surface area contributed by atoms with E-state index in [9.17, 15) is 13.2 Å². The number of carbonyl (C=O) groups is 1. The van der Waals surface area contributed by atoms with Gasteiger partial charge in [0.05, 0.1) is 12.0 Å². The predicted molar refractivity (Wildman–Crippen MR) is 115 cm³/mol. The van der Waals surface area contributed by atoms with Crippen molar-refractivity contribution in [3.8, 4) is 5.75 Å². The van der Waals surface area contributed by atoms with Crippen LogP contribution in [0.5, 0.6) is 5.75 Å². The quantitative estimate of drug-likeness (QED) is 0.615. The molecular formula is C22H25N3O4S. The lowest BCUT2D eigenvalue weighted by Crippen LogP contribution is -2.18. The van der Waals surface area contributed by atoms with Gasteiger partial charge >= 0.3 is 0 Å². The molecule has 1 amide bonds. The minimum absolute atomic E-state index is 0.112. The van der Waals surface area contributed by atoms with Gasteiger partial charge in [0, 0.05) is 30.2 Å². The zero-order chi connectivity index (χ0) is 21.9. The summed E-state index contributed by atoms with van der Waals surface area (Å²) in [5.74, 6) is 0.458. The second-order valence-corrected chi connectivity index (χ2v) is 8.80. The number of anilines is 1. The molecule has 0 aliphatic carbocycles. The molecule has 0 bridgehead atoms. The number of hydrogen-bond donors (Lipinski definition) is 1. The molecule has 3 rings (SSSR count). The Morgan fingerprint density at radius 3 is 2.30 bits per heavy atom. The number of amides is 1. The van der Waals surface area contributed by atoms with Crippen LogP contribution in [0.15, 0.2) is 58.6 Å². The Bertz CT molecular complexity index is 1150. The number of pyridine rings is 1. The van der Waals surface area contributed by atoms with Crippen LogP contribution in [0.2, 0.25) is 0 Å². The molecule has 158 valence electrons. The molecule has 2 heterocycles. The average Bonchev–Trinajstić information content (AvgIpc) is 2.99. The average molecular weight is 428 g/mol. The summed E-state index contributed by atoms with van der Waals surface area (Å²) in [6.07, 6.45) is 3.83. The molecule has 0 aliphatic rings. The highest BCUT2D eigenvalue weighted by Crippen LogP contribution is 2.36. The SMILES string of the molecule is CCCn1c(C)c(C)c(S(=O)(=O)c2ccc(OC)cc2)c1NC(=O)c1ccncc1. The van der Waals surface area contributed by atoms with Crippen molar-refractivity contribution in [2.75, 3.05) is 12.4 Å². The zero-order valence-electron chi connectivity index (χ0n) is 17.5. The molecule has 7 nitrogen and oxygen atoms in total. The molecule has 0 fully saturated rings. The van der Waals surface area contributed by atoms with E-state index in [0.717, 1.165) is 12.1 Å². The predicted octanol–water partition coefficient (Wildman–Crippen LogP) is 4.00. The molecule has 0 aliphatic heterocycles. The van der Waals surface area contributed by atoms with Gasteiger partial charge in [-0.2, -0.15) is 0 Å². The first-order valence-electron chi connectivity index (χ1n) is 9.61. The molecule has 0 saturated heterocycles. The minimum atomic E-state index is -3.88. The third-order valence-corrected chi connectivity index (χ3v) is 6.96. The number of hydrogen-bond acceptors (Lipinski definition) is 5. The van der Waals surface area contributed by atoms with Crippen LogP contribution in [0.1, 0.15) is 35.0 Å². The van der Waals surface area contributed by atoms with Gasteiger partial charge in [-0.15, -0.1) is 0 Å². The van der Waals surface area contributed by atoms with Gasteiger partial charge < -0.3 is 14.6 Å². The van der Waals surface area contributed by atoms with Gasteiger partial charge in [0.1, 0.15) is 16.5 Å². The maximum absolute atomic E-state index is 13.5. The summed E-state index contributed by atoms with van der Waals surface area (Å²) in [5.41, 5.74) is 1.82. The highest BCUT2D eigenvalue weighted by molar-refractivity contribution is 7.91. The van der Waals surface area contributed by atoms with Crippen LogP contribution in [0.3, 0.4) is 0 Å². The number of aromatic nitrogens is 2. The highest BCUT2D eigenvalue weighted by Gasteiger charge is 2.30. The van der Waals surface area contributed by atoms with E-state index < -0.39 is 15.7 Å². The fraction of sp³-hybridized carbons (Fsp3) is 0.273. The lowest BCUT2D eigenvalue weighted by atomic mass is 10.2. The van der Waals surface area contributed by atoms with E-state index in [1.807, 2.05) is 18.4 Å². The van der Waals surface area contributed by atoms with Crippen LogP contribution in [0.4, 0.5) is 5.82 Å². The lowest BCUT2D eigenvalue weighted by molar-refractivity contribution is 0.102. The van der Waals surface area contributed by atoms with Crippen molar-refractivity contribution in [3.05, 3.63) is 65.6 Å². The molecule has 0 radical (unpaired) electrons. The van der Waals surface area contributed by atoms with E-state index in [0.29, 0.717) is 23.4 Å². The van der Waals surface area contributed by atoms with E-state index in [1.54, 1.807) is 31.2 Å². The van der Waals surface area contributed by atoms with Gasteiger partial charge in [-0.25, -0.2) is 8.42 Å². The fourth-order valence-corrected chi connectivity index (χ4v) is 5.04. The van der Waals surface area contributed by atoms with Gasteiger partial charge in [0.2, 0.25) is 9.84 Å². The molecule has 2 aromatic heterocycles. The Kier molecular flexibility index (Phi) is 6.26. The molecular weight excluding hydrogens is 402 g/mol. The topological polar surface area (TPSA) is 90.3 Å². The minimum Gasteiger partial charge on any atom is -0.497 e. The second kappa shape index (κ2) is 8.71. The van der Waals surface area contributed by atoms with Gasteiger partial charge in [0.25, 0.3) is 5.91 Å². The second-order valence-electron chi connectivity index (χ2n) is 6.91. The monoisotopic (exact) mass is 427 g/mol. The summed E-state index contributed by atoms with van der Waals surface area (Å²) >= 11 is 0. The van der Waals surface area contributed by atoms with Crippen LogP contribution in [0.25, 0.3) is 0 Å². The summed E-state index contributed by atoms with van der Waals surface area (Å²) in [5, 5.41) is 2.83. The third kappa shape index (κ3) is 3.95. The first-order chi connectivity index (χ1) is 14.3. The number of carbonyl (C=O) groups excluding carboxylic acids is 1. The number of ether oxygens (including phenoxy) is 1. The third-order valence-electron chi connectivity index (χ3n) is 5.03. The van der Waals surface area contributed by atoms with Gasteiger partial charge in [-0.3, -0.25) is 9.78 Å². The zero-order valence-corrected chi connectivity index (χ0v) is 18.3. The van der Waals surface area contributed by atoms with E-state index in [-0.39, 0.29) is 15.6 Å². The molecule has 0 spiro atoms. The molecule has 1 aromatic carbocycles. The molecule has 1 N–H and O–H groups in total. The first kappa shape index (κ1) is 21.6. The number of nitrogens with one attached hydrogen (secondary N) is 1. The maximum Gasteiger partial charge on any atom is 0.256 e. The summed E-state index contributed by atoms with van der Waals surface area (Å²) in [6.45, 7) is 6.21. The van der Waals surface area contributed by atoms with Crippen LogP contribution >= 0.6 is 0 Å². The Balaban J connectivity index is 2.15. The smallest absolute Gasteiger partial charge is 0.256 e. The van der Waals surface area contributed by atoms with E-state index in [2.05, 4.69) is 10.3 Å².